The maximum absolute atomic E-state index is 13.6. The van der Waals surface area contributed by atoms with Crippen molar-refractivity contribution >= 4 is 17.7 Å². The van der Waals surface area contributed by atoms with Crippen LogP contribution in [0.3, 0.4) is 0 Å². The molecule has 12 heteroatoms. The average molecular weight is 604 g/mol. The van der Waals surface area contributed by atoms with Crippen molar-refractivity contribution in [3.8, 4) is 11.5 Å². The molecule has 3 aromatic rings. The molecular formula is C32H41N7O5. The highest BCUT2D eigenvalue weighted by Crippen LogP contribution is 2.31. The fourth-order valence-electron chi connectivity index (χ4n) is 5.60. The molecule has 0 aliphatic carbocycles. The van der Waals surface area contributed by atoms with Crippen molar-refractivity contribution in [3.63, 3.8) is 0 Å². The molecular weight excluding hydrogens is 562 g/mol. The molecule has 3 amide bonds. The van der Waals surface area contributed by atoms with Crippen molar-refractivity contribution in [1.29, 1.82) is 0 Å². The molecule has 2 aliphatic heterocycles. The van der Waals surface area contributed by atoms with E-state index in [1.165, 1.54) is 7.11 Å². The third-order valence-electron chi connectivity index (χ3n) is 7.99. The maximum atomic E-state index is 13.6. The summed E-state index contributed by atoms with van der Waals surface area (Å²) in [6.07, 6.45) is 5.13. The molecule has 2 aliphatic rings. The normalized spacial score (nSPS) is 20.5. The van der Waals surface area contributed by atoms with Crippen LogP contribution in [0.4, 0.5) is 0 Å². The van der Waals surface area contributed by atoms with Gasteiger partial charge in [-0.25, -0.2) is 0 Å². The highest BCUT2D eigenvalue weighted by molar-refractivity contribution is 6.00. The van der Waals surface area contributed by atoms with Gasteiger partial charge in [0.05, 0.1) is 30.9 Å². The number of piperidine rings is 1. The molecule has 5 rings (SSSR count). The van der Waals surface area contributed by atoms with Gasteiger partial charge in [0, 0.05) is 58.2 Å². The Bertz CT molecular complexity index is 1410. The molecule has 2 atom stereocenters. The summed E-state index contributed by atoms with van der Waals surface area (Å²) in [6.45, 7) is 3.49. The number of methoxy groups -OCH3 is 1. The minimum Gasteiger partial charge on any atom is -0.493 e. The smallest absolute Gasteiger partial charge is 0.255 e. The Morgan fingerprint density at radius 2 is 1.91 bits per heavy atom. The molecule has 1 saturated heterocycles. The number of fused-ring (bicyclic) bond motifs is 3. The van der Waals surface area contributed by atoms with Crippen molar-refractivity contribution in [1.82, 2.24) is 35.8 Å². The first-order valence-electron chi connectivity index (χ1n) is 15.3. The molecule has 1 aromatic heterocycles. The SMILES string of the molecule is COc1cccc2c1OCCCn1cc(nn1)CCN(C(=O)[C@@H]1CCCNC1)CCNC(=O)[C@H](Cc1ccccc1)NC2=O. The van der Waals surface area contributed by atoms with Crippen molar-refractivity contribution in [2.45, 2.75) is 44.7 Å². The first-order valence-corrected chi connectivity index (χ1v) is 15.3. The molecule has 234 valence electrons. The molecule has 2 bridgehead atoms. The number of carbonyl (C=O) groups excluding carboxylic acids is 3. The number of nitrogens with zero attached hydrogens (tertiary/aromatic N) is 4. The second-order valence-corrected chi connectivity index (χ2v) is 11.1. The zero-order valence-electron chi connectivity index (χ0n) is 25.2. The standard InChI is InChI=1S/C32H41N7O5/c1-43-28-12-5-11-26-29(28)44-19-7-16-39-22-25(36-37-39)13-17-38(32(42)24-10-6-14-33-21-24)18-15-34-31(41)27(35-30(26)40)20-23-8-3-2-4-9-23/h2-5,8-9,11-12,22,24,27,33H,6-7,10,13-21H2,1H3,(H,34,41)(H,35,40)/t24-,27+/m1/s1. The lowest BCUT2D eigenvalue weighted by Crippen LogP contribution is -2.50. The predicted molar refractivity (Wildman–Crippen MR) is 163 cm³/mol. The Morgan fingerprint density at radius 1 is 1.05 bits per heavy atom. The van der Waals surface area contributed by atoms with E-state index in [1.807, 2.05) is 41.4 Å². The van der Waals surface area contributed by atoms with E-state index < -0.39 is 11.9 Å². The fraction of sp³-hybridized carbons (Fsp3) is 0.469. The number of carbonyl (C=O) groups is 3. The van der Waals surface area contributed by atoms with Crippen LogP contribution >= 0.6 is 0 Å². The second-order valence-electron chi connectivity index (χ2n) is 11.1. The van der Waals surface area contributed by atoms with Gasteiger partial charge in [0.25, 0.3) is 5.91 Å². The summed E-state index contributed by atoms with van der Waals surface area (Å²) in [5.74, 6) is -0.0699. The molecule has 3 N–H and O–H groups in total. The van der Waals surface area contributed by atoms with Gasteiger partial charge in [0.2, 0.25) is 11.8 Å². The Hall–Kier alpha value is -4.45. The molecule has 44 heavy (non-hydrogen) atoms. The minimum absolute atomic E-state index is 0.0709. The number of nitrogens with one attached hydrogen (secondary N) is 3. The van der Waals surface area contributed by atoms with Crippen LogP contribution in [-0.2, 0) is 29.0 Å². The van der Waals surface area contributed by atoms with E-state index in [-0.39, 0.29) is 29.8 Å². The summed E-state index contributed by atoms with van der Waals surface area (Å²) >= 11 is 0. The number of aryl methyl sites for hydroxylation is 1. The van der Waals surface area contributed by atoms with Crippen molar-refractivity contribution < 1.29 is 23.9 Å². The van der Waals surface area contributed by atoms with Crippen LogP contribution in [-0.4, -0.2) is 90.1 Å². The number of aromatic nitrogens is 3. The Morgan fingerprint density at radius 3 is 2.70 bits per heavy atom. The summed E-state index contributed by atoms with van der Waals surface area (Å²) in [5, 5.41) is 17.8. The van der Waals surface area contributed by atoms with Crippen LogP contribution in [0.1, 0.15) is 40.9 Å². The molecule has 2 aromatic carbocycles. The zero-order valence-corrected chi connectivity index (χ0v) is 25.2. The van der Waals surface area contributed by atoms with Crippen LogP contribution in [0.25, 0.3) is 0 Å². The quantitative estimate of drug-likeness (QED) is 0.409. The number of benzene rings is 2. The molecule has 0 spiro atoms. The van der Waals surface area contributed by atoms with E-state index in [1.54, 1.807) is 22.9 Å². The van der Waals surface area contributed by atoms with Crippen LogP contribution in [0, 0.1) is 5.92 Å². The van der Waals surface area contributed by atoms with E-state index in [4.69, 9.17) is 9.47 Å². The fourth-order valence-corrected chi connectivity index (χ4v) is 5.60. The number of para-hydroxylation sites is 1. The molecule has 3 heterocycles. The van der Waals surface area contributed by atoms with Gasteiger partial charge in [0.1, 0.15) is 6.04 Å². The summed E-state index contributed by atoms with van der Waals surface area (Å²) in [6, 6.07) is 13.8. The molecule has 0 saturated carbocycles. The number of amides is 3. The lowest BCUT2D eigenvalue weighted by Gasteiger charge is -2.30. The van der Waals surface area contributed by atoms with Gasteiger partial charge < -0.3 is 30.3 Å². The van der Waals surface area contributed by atoms with Gasteiger partial charge in [-0.05, 0) is 37.1 Å². The van der Waals surface area contributed by atoms with Crippen molar-refractivity contribution in [3.05, 3.63) is 71.5 Å². The van der Waals surface area contributed by atoms with Crippen LogP contribution in [0.5, 0.6) is 11.5 Å². The highest BCUT2D eigenvalue weighted by Gasteiger charge is 2.28. The third-order valence-corrected chi connectivity index (χ3v) is 7.99. The summed E-state index contributed by atoms with van der Waals surface area (Å²) in [7, 11) is 1.52. The lowest BCUT2D eigenvalue weighted by atomic mass is 9.98. The summed E-state index contributed by atoms with van der Waals surface area (Å²) < 4.78 is 13.3. The lowest BCUT2D eigenvalue weighted by molar-refractivity contribution is -0.136. The minimum atomic E-state index is -0.855. The zero-order chi connectivity index (χ0) is 30.7. The van der Waals surface area contributed by atoms with Crippen LogP contribution in [0.2, 0.25) is 0 Å². The average Bonchev–Trinajstić information content (AvgIpc) is 3.51. The van der Waals surface area contributed by atoms with Gasteiger partial charge in [-0.3, -0.25) is 19.1 Å². The van der Waals surface area contributed by atoms with Crippen LogP contribution < -0.4 is 25.4 Å². The molecule has 0 radical (unpaired) electrons. The first-order chi connectivity index (χ1) is 21.5. The van der Waals surface area contributed by atoms with E-state index >= 15 is 0 Å². The Labute approximate surface area is 257 Å². The highest BCUT2D eigenvalue weighted by atomic mass is 16.5. The predicted octanol–water partition coefficient (Wildman–Crippen LogP) is 1.60. The first kappa shape index (κ1) is 31.0. The number of ether oxygens (including phenoxy) is 2. The monoisotopic (exact) mass is 603 g/mol. The number of hydrogen-bond donors (Lipinski definition) is 3. The van der Waals surface area contributed by atoms with Gasteiger partial charge in [-0.15, -0.1) is 5.10 Å². The largest absolute Gasteiger partial charge is 0.493 e. The van der Waals surface area contributed by atoms with Gasteiger partial charge in [0.15, 0.2) is 11.5 Å². The molecule has 1 fully saturated rings. The van der Waals surface area contributed by atoms with Crippen molar-refractivity contribution in [2.75, 3.05) is 46.4 Å². The van der Waals surface area contributed by atoms with Gasteiger partial charge in [-0.2, -0.15) is 0 Å². The van der Waals surface area contributed by atoms with Crippen molar-refractivity contribution in [2.24, 2.45) is 5.92 Å². The molecule has 0 unspecified atom stereocenters. The Balaban J connectivity index is 1.39. The van der Waals surface area contributed by atoms with E-state index in [0.29, 0.717) is 63.5 Å². The van der Waals surface area contributed by atoms with Crippen LogP contribution in [0.15, 0.2) is 54.7 Å². The second kappa shape index (κ2) is 15.3. The Kier molecular flexibility index (Phi) is 10.8. The number of rotatable bonds is 4. The van der Waals surface area contributed by atoms with Gasteiger partial charge in [-0.1, -0.05) is 41.6 Å². The van der Waals surface area contributed by atoms with E-state index in [2.05, 4.69) is 26.3 Å². The van der Waals surface area contributed by atoms with E-state index in [9.17, 15) is 14.4 Å². The summed E-state index contributed by atoms with van der Waals surface area (Å²) in [4.78, 5) is 42.6. The maximum Gasteiger partial charge on any atom is 0.255 e. The van der Waals surface area contributed by atoms with E-state index in [0.717, 1.165) is 30.6 Å². The number of hydrogen-bond acceptors (Lipinski definition) is 8. The summed E-state index contributed by atoms with van der Waals surface area (Å²) in [5.41, 5.74) is 1.97. The third kappa shape index (κ3) is 8.13. The molecule has 12 nitrogen and oxygen atoms in total. The topological polar surface area (TPSA) is 140 Å². The van der Waals surface area contributed by atoms with Gasteiger partial charge >= 0.3 is 0 Å².